The van der Waals surface area contributed by atoms with E-state index in [0.717, 1.165) is 4.90 Å². The Hall–Kier alpha value is -0.580. The second kappa shape index (κ2) is 5.21. The molecule has 1 aromatic rings. The Morgan fingerprint density at radius 1 is 1.38 bits per heavy atom. The summed E-state index contributed by atoms with van der Waals surface area (Å²) in [6.45, 7) is -0.0196. The van der Waals surface area contributed by atoms with Gasteiger partial charge in [0, 0.05) is 16.7 Å². The molecule has 0 fully saturated rings. The molecule has 1 unspecified atom stereocenters. The fourth-order valence-electron chi connectivity index (χ4n) is 0.787. The SMILES string of the molecule is NC(CO)CSc1ccc(F)cc1. The molecule has 2 nitrogen and oxygen atoms in total. The van der Waals surface area contributed by atoms with Gasteiger partial charge in [0.1, 0.15) is 5.82 Å². The smallest absolute Gasteiger partial charge is 0.123 e. The van der Waals surface area contributed by atoms with E-state index in [1.807, 2.05) is 0 Å². The van der Waals surface area contributed by atoms with Crippen LogP contribution in [-0.2, 0) is 0 Å². The maximum atomic E-state index is 12.5. The number of halogens is 1. The molecule has 0 aromatic heterocycles. The minimum absolute atomic E-state index is 0.0196. The van der Waals surface area contributed by atoms with E-state index < -0.39 is 0 Å². The van der Waals surface area contributed by atoms with Crippen molar-refractivity contribution in [3.63, 3.8) is 0 Å². The fourth-order valence-corrected chi connectivity index (χ4v) is 1.63. The lowest BCUT2D eigenvalue weighted by atomic mass is 10.3. The van der Waals surface area contributed by atoms with E-state index in [9.17, 15) is 4.39 Å². The van der Waals surface area contributed by atoms with Crippen LogP contribution in [0.1, 0.15) is 0 Å². The van der Waals surface area contributed by atoms with Crippen LogP contribution in [-0.4, -0.2) is 23.5 Å². The Kier molecular flexibility index (Phi) is 4.21. The summed E-state index contributed by atoms with van der Waals surface area (Å²) in [5.41, 5.74) is 5.51. The number of benzene rings is 1. The van der Waals surface area contributed by atoms with Crippen LogP contribution in [0.15, 0.2) is 29.2 Å². The molecule has 72 valence electrons. The average molecular weight is 201 g/mol. The summed E-state index contributed by atoms with van der Waals surface area (Å²) >= 11 is 1.51. The molecule has 4 heteroatoms. The van der Waals surface area contributed by atoms with Crippen LogP contribution < -0.4 is 5.73 Å². The van der Waals surface area contributed by atoms with Crippen LogP contribution in [0.2, 0.25) is 0 Å². The first kappa shape index (κ1) is 10.5. The topological polar surface area (TPSA) is 46.2 Å². The summed E-state index contributed by atoms with van der Waals surface area (Å²) in [5.74, 6) is 0.401. The van der Waals surface area contributed by atoms with Gasteiger partial charge in [-0.25, -0.2) is 4.39 Å². The van der Waals surface area contributed by atoms with Crippen molar-refractivity contribution in [3.05, 3.63) is 30.1 Å². The van der Waals surface area contributed by atoms with Gasteiger partial charge in [0.05, 0.1) is 6.61 Å². The van der Waals surface area contributed by atoms with Gasteiger partial charge in [-0.3, -0.25) is 0 Å². The van der Waals surface area contributed by atoms with Crippen molar-refractivity contribution in [2.24, 2.45) is 5.73 Å². The third-order valence-corrected chi connectivity index (χ3v) is 2.71. The summed E-state index contributed by atoms with van der Waals surface area (Å²) < 4.78 is 12.5. The van der Waals surface area contributed by atoms with Gasteiger partial charge in [0.15, 0.2) is 0 Å². The summed E-state index contributed by atoms with van der Waals surface area (Å²) in [5, 5.41) is 8.66. The number of rotatable bonds is 4. The van der Waals surface area contributed by atoms with Crippen molar-refractivity contribution in [3.8, 4) is 0 Å². The highest BCUT2D eigenvalue weighted by Gasteiger charge is 2.01. The average Bonchev–Trinajstić information content (AvgIpc) is 2.16. The second-order valence-corrected chi connectivity index (χ2v) is 3.80. The zero-order valence-corrected chi connectivity index (χ0v) is 7.93. The lowest BCUT2D eigenvalue weighted by molar-refractivity contribution is 0.275. The van der Waals surface area contributed by atoms with Gasteiger partial charge in [0.2, 0.25) is 0 Å². The van der Waals surface area contributed by atoms with Crippen LogP contribution in [0.5, 0.6) is 0 Å². The van der Waals surface area contributed by atoms with Gasteiger partial charge in [-0.05, 0) is 24.3 Å². The van der Waals surface area contributed by atoms with Crippen molar-refractivity contribution in [1.29, 1.82) is 0 Å². The Bertz CT molecular complexity index is 252. The summed E-state index contributed by atoms with van der Waals surface area (Å²) in [4.78, 5) is 0.963. The van der Waals surface area contributed by atoms with E-state index in [1.54, 1.807) is 12.1 Å². The van der Waals surface area contributed by atoms with E-state index in [-0.39, 0.29) is 18.5 Å². The summed E-state index contributed by atoms with van der Waals surface area (Å²) in [7, 11) is 0. The van der Waals surface area contributed by atoms with Gasteiger partial charge in [-0.2, -0.15) is 0 Å². The molecule has 0 aliphatic heterocycles. The standard InChI is InChI=1S/C9H12FNOS/c10-7-1-3-9(4-2-7)13-6-8(11)5-12/h1-4,8,12H,5-6,11H2. The Morgan fingerprint density at radius 2 is 2.00 bits per heavy atom. The maximum absolute atomic E-state index is 12.5. The molecule has 0 heterocycles. The van der Waals surface area contributed by atoms with Crippen molar-refractivity contribution in [2.75, 3.05) is 12.4 Å². The summed E-state index contributed by atoms with van der Waals surface area (Å²) in [6.07, 6.45) is 0. The minimum atomic E-state index is -0.240. The van der Waals surface area contributed by atoms with Crippen LogP contribution in [0, 0.1) is 5.82 Å². The predicted molar refractivity (Wildman–Crippen MR) is 52.2 cm³/mol. The molecule has 0 saturated heterocycles. The van der Waals surface area contributed by atoms with Crippen LogP contribution in [0.3, 0.4) is 0 Å². The van der Waals surface area contributed by atoms with Crippen LogP contribution in [0.4, 0.5) is 4.39 Å². The molecule has 1 rings (SSSR count). The van der Waals surface area contributed by atoms with Crippen molar-refractivity contribution >= 4 is 11.8 Å². The van der Waals surface area contributed by atoms with E-state index in [1.165, 1.54) is 23.9 Å². The predicted octanol–water partition coefficient (Wildman–Crippen LogP) is 1.24. The van der Waals surface area contributed by atoms with Crippen molar-refractivity contribution < 1.29 is 9.50 Å². The van der Waals surface area contributed by atoms with Crippen LogP contribution >= 0.6 is 11.8 Å². The molecule has 0 radical (unpaired) electrons. The number of hydrogen-bond acceptors (Lipinski definition) is 3. The molecular formula is C9H12FNOS. The van der Waals surface area contributed by atoms with Gasteiger partial charge in [-0.1, -0.05) is 0 Å². The first-order chi connectivity index (χ1) is 6.22. The van der Waals surface area contributed by atoms with Crippen molar-refractivity contribution in [1.82, 2.24) is 0 Å². The fraction of sp³-hybridized carbons (Fsp3) is 0.333. The van der Waals surface area contributed by atoms with Crippen molar-refractivity contribution in [2.45, 2.75) is 10.9 Å². The number of aliphatic hydroxyl groups is 1. The third kappa shape index (κ3) is 3.76. The normalized spacial score (nSPS) is 12.8. The molecule has 0 bridgehead atoms. The summed E-state index contributed by atoms with van der Waals surface area (Å²) in [6, 6.07) is 6.00. The zero-order chi connectivity index (χ0) is 9.68. The molecule has 1 atom stereocenters. The first-order valence-corrected chi connectivity index (χ1v) is 4.95. The monoisotopic (exact) mass is 201 g/mol. The van der Waals surface area contributed by atoms with E-state index in [2.05, 4.69) is 0 Å². The highest BCUT2D eigenvalue weighted by Crippen LogP contribution is 2.18. The Labute approximate surface area is 80.9 Å². The number of nitrogens with two attached hydrogens (primary N) is 1. The Balaban J connectivity index is 2.41. The zero-order valence-electron chi connectivity index (χ0n) is 7.11. The molecule has 0 saturated carbocycles. The van der Waals surface area contributed by atoms with Gasteiger partial charge in [-0.15, -0.1) is 11.8 Å². The minimum Gasteiger partial charge on any atom is -0.395 e. The molecule has 0 amide bonds. The quantitative estimate of drug-likeness (QED) is 0.720. The highest BCUT2D eigenvalue weighted by atomic mass is 32.2. The highest BCUT2D eigenvalue weighted by molar-refractivity contribution is 7.99. The van der Waals surface area contributed by atoms with Gasteiger partial charge >= 0.3 is 0 Å². The lowest BCUT2D eigenvalue weighted by Gasteiger charge is -2.06. The maximum Gasteiger partial charge on any atom is 0.123 e. The molecule has 13 heavy (non-hydrogen) atoms. The molecule has 0 aliphatic carbocycles. The lowest BCUT2D eigenvalue weighted by Crippen LogP contribution is -2.26. The largest absolute Gasteiger partial charge is 0.395 e. The number of hydrogen-bond donors (Lipinski definition) is 2. The molecule has 1 aromatic carbocycles. The number of thioether (sulfide) groups is 1. The van der Waals surface area contributed by atoms with E-state index in [4.69, 9.17) is 10.8 Å². The molecule has 0 spiro atoms. The van der Waals surface area contributed by atoms with E-state index >= 15 is 0 Å². The number of aliphatic hydroxyl groups excluding tert-OH is 1. The molecule has 3 N–H and O–H groups in total. The van der Waals surface area contributed by atoms with Crippen LogP contribution in [0.25, 0.3) is 0 Å². The van der Waals surface area contributed by atoms with Gasteiger partial charge < -0.3 is 10.8 Å². The second-order valence-electron chi connectivity index (χ2n) is 2.71. The Morgan fingerprint density at radius 3 is 2.54 bits per heavy atom. The van der Waals surface area contributed by atoms with Gasteiger partial charge in [0.25, 0.3) is 0 Å². The van der Waals surface area contributed by atoms with E-state index in [0.29, 0.717) is 5.75 Å². The molecule has 0 aliphatic rings. The first-order valence-electron chi connectivity index (χ1n) is 3.97. The third-order valence-electron chi connectivity index (χ3n) is 1.51. The molecular weight excluding hydrogens is 189 g/mol.